The molecular formula is C33H40ClN3O6S. The Balaban J connectivity index is 1.74. The lowest BCUT2D eigenvalue weighted by Crippen LogP contribution is -2.55. The van der Waals surface area contributed by atoms with Crippen LogP contribution < -0.4 is 19.1 Å². The topological polar surface area (TPSA) is 105 Å². The molecule has 44 heavy (non-hydrogen) atoms. The lowest BCUT2D eigenvalue weighted by Gasteiger charge is -2.35. The van der Waals surface area contributed by atoms with Crippen LogP contribution in [0.2, 0.25) is 5.02 Å². The average Bonchev–Trinajstić information content (AvgIpc) is 3.02. The SMILES string of the molecule is COc1ccc(N(CC(=O)N(Cc2ccc(Cl)cc2)[C@H](Cc2ccccc2)C(=O)NC2CCCCC2)S(C)(=O)=O)c(OC)c1. The molecule has 1 aliphatic rings. The van der Waals surface area contributed by atoms with E-state index in [1.54, 1.807) is 36.4 Å². The van der Waals surface area contributed by atoms with E-state index in [4.69, 9.17) is 21.1 Å². The molecule has 1 atom stereocenters. The van der Waals surface area contributed by atoms with Crippen molar-refractivity contribution >= 4 is 39.1 Å². The molecule has 11 heteroatoms. The van der Waals surface area contributed by atoms with Gasteiger partial charge in [0.05, 0.1) is 26.2 Å². The number of sulfonamides is 1. The number of nitrogens with one attached hydrogen (secondary N) is 1. The van der Waals surface area contributed by atoms with Crippen molar-refractivity contribution in [2.24, 2.45) is 0 Å². The van der Waals surface area contributed by atoms with Crippen LogP contribution in [0.25, 0.3) is 0 Å². The molecule has 0 radical (unpaired) electrons. The normalized spacial score (nSPS) is 14.4. The van der Waals surface area contributed by atoms with Gasteiger partial charge in [-0.2, -0.15) is 0 Å². The van der Waals surface area contributed by atoms with Gasteiger partial charge >= 0.3 is 0 Å². The van der Waals surface area contributed by atoms with E-state index in [9.17, 15) is 18.0 Å². The Kier molecular flexibility index (Phi) is 11.5. The van der Waals surface area contributed by atoms with Gasteiger partial charge < -0.3 is 19.7 Å². The average molecular weight is 642 g/mol. The van der Waals surface area contributed by atoms with Gasteiger partial charge in [0, 0.05) is 30.1 Å². The third-order valence-electron chi connectivity index (χ3n) is 7.82. The van der Waals surface area contributed by atoms with E-state index in [2.05, 4.69) is 5.32 Å². The van der Waals surface area contributed by atoms with Gasteiger partial charge in [0.2, 0.25) is 21.8 Å². The number of rotatable bonds is 13. The van der Waals surface area contributed by atoms with Crippen molar-refractivity contribution in [3.05, 3.63) is 88.9 Å². The fourth-order valence-electron chi connectivity index (χ4n) is 5.47. The van der Waals surface area contributed by atoms with Crippen LogP contribution in [0, 0.1) is 0 Å². The molecule has 0 unspecified atom stereocenters. The summed E-state index contributed by atoms with van der Waals surface area (Å²) in [6.45, 7) is -0.472. The first-order chi connectivity index (χ1) is 21.1. The number of nitrogens with zero attached hydrogens (tertiary/aromatic N) is 2. The van der Waals surface area contributed by atoms with Gasteiger partial charge in [0.15, 0.2) is 0 Å². The summed E-state index contributed by atoms with van der Waals surface area (Å²) in [4.78, 5) is 29.9. The fourth-order valence-corrected chi connectivity index (χ4v) is 6.45. The highest BCUT2D eigenvalue weighted by atomic mass is 35.5. The highest BCUT2D eigenvalue weighted by Gasteiger charge is 2.34. The van der Waals surface area contributed by atoms with Crippen LogP contribution in [0.15, 0.2) is 72.8 Å². The number of anilines is 1. The summed E-state index contributed by atoms with van der Waals surface area (Å²) >= 11 is 6.14. The third-order valence-corrected chi connectivity index (χ3v) is 9.20. The second-order valence-electron chi connectivity index (χ2n) is 11.0. The maximum absolute atomic E-state index is 14.3. The summed E-state index contributed by atoms with van der Waals surface area (Å²) in [7, 11) is -1.05. The minimum absolute atomic E-state index is 0.0260. The fraction of sp³-hybridized carbons (Fsp3) is 0.394. The zero-order valence-corrected chi connectivity index (χ0v) is 26.9. The molecule has 1 fully saturated rings. The number of methoxy groups -OCH3 is 2. The molecule has 0 bridgehead atoms. The first kappa shape index (κ1) is 33.1. The molecule has 0 aliphatic heterocycles. The molecule has 0 aromatic heterocycles. The van der Waals surface area contributed by atoms with Crippen LogP contribution in [0.4, 0.5) is 5.69 Å². The lowest BCUT2D eigenvalue weighted by molar-refractivity contribution is -0.140. The highest BCUT2D eigenvalue weighted by molar-refractivity contribution is 7.92. The number of carbonyl (C=O) groups is 2. The predicted molar refractivity (Wildman–Crippen MR) is 173 cm³/mol. The standard InChI is InChI=1S/C33H40ClN3O6S/c1-42-28-18-19-29(31(21-28)43-2)37(44(3,40)41)23-32(38)36(22-25-14-16-26(34)17-15-25)30(20-24-10-6-4-7-11-24)33(39)35-27-12-8-5-9-13-27/h4,6-7,10-11,14-19,21,27,30H,5,8-9,12-13,20,22-23H2,1-3H3,(H,35,39)/t30-/m1/s1. The molecule has 1 saturated carbocycles. The smallest absolute Gasteiger partial charge is 0.244 e. The van der Waals surface area contributed by atoms with E-state index in [1.807, 2.05) is 30.3 Å². The van der Waals surface area contributed by atoms with Crippen LogP contribution in [0.3, 0.4) is 0 Å². The monoisotopic (exact) mass is 641 g/mol. The number of halogens is 1. The van der Waals surface area contributed by atoms with Gasteiger partial charge in [-0.15, -0.1) is 0 Å². The molecular weight excluding hydrogens is 602 g/mol. The van der Waals surface area contributed by atoms with Crippen LogP contribution in [-0.2, 0) is 32.6 Å². The summed E-state index contributed by atoms with van der Waals surface area (Å²) in [6, 6.07) is 20.3. The maximum Gasteiger partial charge on any atom is 0.244 e. The van der Waals surface area contributed by atoms with Crippen molar-refractivity contribution in [1.29, 1.82) is 0 Å². The van der Waals surface area contributed by atoms with Crippen molar-refractivity contribution < 1.29 is 27.5 Å². The summed E-state index contributed by atoms with van der Waals surface area (Å²) < 4.78 is 38.0. The van der Waals surface area contributed by atoms with Gasteiger partial charge in [-0.25, -0.2) is 8.42 Å². The van der Waals surface area contributed by atoms with Crippen molar-refractivity contribution in [2.45, 2.75) is 57.2 Å². The van der Waals surface area contributed by atoms with E-state index < -0.39 is 28.5 Å². The molecule has 2 amide bonds. The number of benzene rings is 3. The molecule has 0 saturated heterocycles. The molecule has 9 nitrogen and oxygen atoms in total. The van der Waals surface area contributed by atoms with Crippen molar-refractivity contribution in [1.82, 2.24) is 10.2 Å². The minimum Gasteiger partial charge on any atom is -0.497 e. The van der Waals surface area contributed by atoms with Gasteiger partial charge in [0.1, 0.15) is 24.1 Å². The Morgan fingerprint density at radius 1 is 0.932 bits per heavy atom. The van der Waals surface area contributed by atoms with E-state index >= 15 is 0 Å². The summed E-state index contributed by atoms with van der Waals surface area (Å²) in [6.07, 6.45) is 6.26. The number of hydrogen-bond donors (Lipinski definition) is 1. The molecule has 3 aromatic carbocycles. The third kappa shape index (κ3) is 8.89. The largest absolute Gasteiger partial charge is 0.497 e. The molecule has 1 aliphatic carbocycles. The van der Waals surface area contributed by atoms with Crippen LogP contribution in [0.5, 0.6) is 11.5 Å². The van der Waals surface area contributed by atoms with Crippen LogP contribution in [0.1, 0.15) is 43.2 Å². The van der Waals surface area contributed by atoms with Crippen molar-refractivity contribution in [3.8, 4) is 11.5 Å². The second-order valence-corrected chi connectivity index (χ2v) is 13.3. The number of ether oxygens (including phenoxy) is 2. The van der Waals surface area contributed by atoms with Gasteiger partial charge in [0.25, 0.3) is 0 Å². The van der Waals surface area contributed by atoms with E-state index in [-0.39, 0.29) is 36.4 Å². The van der Waals surface area contributed by atoms with Crippen molar-refractivity contribution in [3.63, 3.8) is 0 Å². The Bertz CT molecular complexity index is 1510. The van der Waals surface area contributed by atoms with E-state index in [0.717, 1.165) is 53.8 Å². The predicted octanol–water partition coefficient (Wildman–Crippen LogP) is 5.21. The molecule has 3 aromatic rings. The van der Waals surface area contributed by atoms with Crippen LogP contribution in [-0.4, -0.2) is 64.2 Å². The van der Waals surface area contributed by atoms with Crippen molar-refractivity contribution in [2.75, 3.05) is 31.3 Å². The Morgan fingerprint density at radius 3 is 2.23 bits per heavy atom. The number of carbonyl (C=O) groups excluding carboxylic acids is 2. The minimum atomic E-state index is -3.96. The second kappa shape index (κ2) is 15.3. The first-order valence-corrected chi connectivity index (χ1v) is 16.9. The van der Waals surface area contributed by atoms with E-state index in [1.165, 1.54) is 25.2 Å². The molecule has 0 spiro atoms. The summed E-state index contributed by atoms with van der Waals surface area (Å²) in [5, 5.41) is 3.74. The summed E-state index contributed by atoms with van der Waals surface area (Å²) in [5.41, 5.74) is 1.81. The molecule has 1 N–H and O–H groups in total. The first-order valence-electron chi connectivity index (χ1n) is 14.7. The molecule has 236 valence electrons. The number of hydrogen-bond acceptors (Lipinski definition) is 6. The Morgan fingerprint density at radius 2 is 1.61 bits per heavy atom. The summed E-state index contributed by atoms with van der Waals surface area (Å²) in [5.74, 6) is -0.112. The molecule has 0 heterocycles. The Labute approximate surface area is 265 Å². The highest BCUT2D eigenvalue weighted by Crippen LogP contribution is 2.34. The van der Waals surface area contributed by atoms with E-state index in [0.29, 0.717) is 10.8 Å². The number of amides is 2. The molecule has 4 rings (SSSR count). The quantitative estimate of drug-likeness (QED) is 0.275. The van der Waals surface area contributed by atoms with Gasteiger partial charge in [-0.05, 0) is 48.2 Å². The maximum atomic E-state index is 14.3. The Hall–Kier alpha value is -3.76. The lowest BCUT2D eigenvalue weighted by atomic mass is 9.94. The zero-order chi connectivity index (χ0) is 31.7. The van der Waals surface area contributed by atoms with Crippen LogP contribution >= 0.6 is 11.6 Å². The zero-order valence-electron chi connectivity index (χ0n) is 25.4. The van der Waals surface area contributed by atoms with Gasteiger partial charge in [-0.1, -0.05) is 73.3 Å². The van der Waals surface area contributed by atoms with Gasteiger partial charge in [-0.3, -0.25) is 13.9 Å².